The van der Waals surface area contributed by atoms with Gasteiger partial charge in [0.25, 0.3) is 0 Å². The quantitative estimate of drug-likeness (QED) is 0.643. The van der Waals surface area contributed by atoms with Crippen molar-refractivity contribution in [3.05, 3.63) is 78.4 Å². The van der Waals surface area contributed by atoms with Crippen LogP contribution in [0.3, 0.4) is 0 Å². The Balaban J connectivity index is 1.94. The summed E-state index contributed by atoms with van der Waals surface area (Å²) in [5.74, 6) is 0. The average molecular weight is 311 g/mol. The summed E-state index contributed by atoms with van der Waals surface area (Å²) in [7, 11) is 0. The fourth-order valence-corrected chi connectivity index (χ4v) is 4.68. The van der Waals surface area contributed by atoms with Crippen molar-refractivity contribution in [1.82, 2.24) is 0 Å². The van der Waals surface area contributed by atoms with Gasteiger partial charge in [0.1, 0.15) is 0 Å². The molecule has 0 bridgehead atoms. The van der Waals surface area contributed by atoms with Crippen molar-refractivity contribution in [1.29, 1.82) is 0 Å². The Morgan fingerprint density at radius 2 is 1.42 bits per heavy atom. The number of hydrogen-bond acceptors (Lipinski definition) is 0. The van der Waals surface area contributed by atoms with Gasteiger partial charge >= 0.3 is 120 Å². The van der Waals surface area contributed by atoms with Crippen molar-refractivity contribution < 1.29 is 0 Å². The summed E-state index contributed by atoms with van der Waals surface area (Å²) in [6, 6.07) is 26.1. The van der Waals surface area contributed by atoms with Crippen LogP contribution in [0.25, 0.3) is 10.8 Å². The predicted octanol–water partition coefficient (Wildman–Crippen LogP) is 3.93. The summed E-state index contributed by atoms with van der Waals surface area (Å²) in [6.07, 6.45) is 0. The van der Waals surface area contributed by atoms with E-state index in [1.807, 2.05) is 0 Å². The molecule has 0 saturated heterocycles. The van der Waals surface area contributed by atoms with Gasteiger partial charge in [-0.25, -0.2) is 0 Å². The van der Waals surface area contributed by atoms with E-state index < -0.39 is 0 Å². The van der Waals surface area contributed by atoms with Gasteiger partial charge in [-0.05, 0) is 0 Å². The van der Waals surface area contributed by atoms with Crippen molar-refractivity contribution in [2.75, 3.05) is 0 Å². The molecule has 1 atom stereocenters. The summed E-state index contributed by atoms with van der Waals surface area (Å²) < 4.78 is 1.50. The molecule has 1 unspecified atom stereocenters. The second-order valence-corrected chi connectivity index (χ2v) is 7.55. The molecule has 3 rings (SSSR count). The van der Waals surface area contributed by atoms with Crippen molar-refractivity contribution in [2.45, 2.75) is 11.7 Å². The van der Waals surface area contributed by atoms with E-state index in [0.717, 1.165) is 0 Å². The summed E-state index contributed by atoms with van der Waals surface area (Å²) in [5, 5.41) is 2.76. The third-order valence-corrected chi connectivity index (χ3v) is 5.91. The molecular formula is C18H16Se. The average Bonchev–Trinajstić information content (AvgIpc) is 2.48. The van der Waals surface area contributed by atoms with E-state index in [4.69, 9.17) is 0 Å². The summed E-state index contributed by atoms with van der Waals surface area (Å²) in [4.78, 5) is 0.611. The van der Waals surface area contributed by atoms with Gasteiger partial charge in [0, 0.05) is 0 Å². The second-order valence-electron chi connectivity index (χ2n) is 4.65. The van der Waals surface area contributed by atoms with Crippen LogP contribution < -0.4 is 4.46 Å². The Bertz CT molecular complexity index is 668. The van der Waals surface area contributed by atoms with Crippen molar-refractivity contribution in [3.8, 4) is 0 Å². The molecule has 94 valence electrons. The van der Waals surface area contributed by atoms with E-state index >= 15 is 0 Å². The molecule has 3 aromatic carbocycles. The van der Waals surface area contributed by atoms with Crippen LogP contribution in [-0.4, -0.2) is 15.0 Å². The second kappa shape index (κ2) is 5.61. The first-order chi connectivity index (χ1) is 9.34. The van der Waals surface area contributed by atoms with Gasteiger partial charge in [-0.2, -0.15) is 0 Å². The molecule has 0 saturated carbocycles. The number of rotatable bonds is 3. The third kappa shape index (κ3) is 2.73. The zero-order chi connectivity index (χ0) is 13.1. The van der Waals surface area contributed by atoms with E-state index in [0.29, 0.717) is 19.8 Å². The van der Waals surface area contributed by atoms with Gasteiger partial charge < -0.3 is 0 Å². The first-order valence-corrected chi connectivity index (χ1v) is 8.38. The maximum atomic E-state index is 2.33. The molecule has 0 nitrogen and oxygen atoms in total. The summed E-state index contributed by atoms with van der Waals surface area (Å²) in [5.41, 5.74) is 1.44. The normalized spacial score (nSPS) is 12.5. The first-order valence-electron chi connectivity index (χ1n) is 6.54. The fraction of sp³-hybridized carbons (Fsp3) is 0.111. The van der Waals surface area contributed by atoms with E-state index in [1.165, 1.54) is 20.8 Å². The van der Waals surface area contributed by atoms with Crippen LogP contribution in [0.5, 0.6) is 0 Å². The van der Waals surface area contributed by atoms with Crippen molar-refractivity contribution in [2.24, 2.45) is 0 Å². The van der Waals surface area contributed by atoms with Gasteiger partial charge in [-0.1, -0.05) is 0 Å². The summed E-state index contributed by atoms with van der Waals surface area (Å²) >= 11 is 0.461. The Morgan fingerprint density at radius 1 is 0.737 bits per heavy atom. The molecule has 1 heteroatoms. The number of benzene rings is 3. The van der Waals surface area contributed by atoms with Gasteiger partial charge in [-0.3, -0.25) is 0 Å². The zero-order valence-corrected chi connectivity index (χ0v) is 12.6. The van der Waals surface area contributed by atoms with Gasteiger partial charge in [0.2, 0.25) is 0 Å². The molecule has 3 aromatic rings. The van der Waals surface area contributed by atoms with Crippen LogP contribution in [0.15, 0.2) is 72.8 Å². The van der Waals surface area contributed by atoms with Crippen LogP contribution in [0.1, 0.15) is 17.3 Å². The molecule has 19 heavy (non-hydrogen) atoms. The number of hydrogen-bond donors (Lipinski definition) is 0. The Labute approximate surface area is 120 Å². The maximum absolute atomic E-state index is 2.33. The molecule has 0 aromatic heterocycles. The Morgan fingerprint density at radius 3 is 2.26 bits per heavy atom. The van der Waals surface area contributed by atoms with Crippen molar-refractivity contribution >= 4 is 30.2 Å². The van der Waals surface area contributed by atoms with E-state index in [2.05, 4.69) is 79.7 Å². The first kappa shape index (κ1) is 12.5. The minimum absolute atomic E-state index is 0.461. The van der Waals surface area contributed by atoms with Crippen molar-refractivity contribution in [3.63, 3.8) is 0 Å². The third-order valence-electron chi connectivity index (χ3n) is 3.32. The van der Waals surface area contributed by atoms with Gasteiger partial charge in [0.15, 0.2) is 0 Å². The van der Waals surface area contributed by atoms with Gasteiger partial charge in [0.05, 0.1) is 0 Å². The molecule has 0 fully saturated rings. The molecular weight excluding hydrogens is 295 g/mol. The molecule has 0 aliphatic carbocycles. The van der Waals surface area contributed by atoms with Crippen LogP contribution in [0, 0.1) is 0 Å². The predicted molar refractivity (Wildman–Crippen MR) is 84.2 cm³/mol. The van der Waals surface area contributed by atoms with E-state index in [9.17, 15) is 0 Å². The van der Waals surface area contributed by atoms with E-state index in [-0.39, 0.29) is 0 Å². The molecule has 0 aliphatic heterocycles. The minimum atomic E-state index is 0.461. The zero-order valence-electron chi connectivity index (χ0n) is 10.9. The monoisotopic (exact) mass is 312 g/mol. The molecule has 0 spiro atoms. The van der Waals surface area contributed by atoms with Crippen LogP contribution in [-0.2, 0) is 0 Å². The molecule has 0 aliphatic rings. The fourth-order valence-electron chi connectivity index (χ4n) is 2.28. The molecule has 0 amide bonds. The Hall–Kier alpha value is -1.56. The number of fused-ring (bicyclic) bond motifs is 1. The Kier molecular flexibility index (Phi) is 3.68. The van der Waals surface area contributed by atoms with Crippen LogP contribution >= 0.6 is 0 Å². The van der Waals surface area contributed by atoms with E-state index in [1.54, 1.807) is 0 Å². The standard InChI is InChI=1S/C18H16Se/c1-14(15-8-3-2-4-9-15)19-18-13-7-11-16-10-5-6-12-17(16)18/h2-14H,1H3. The summed E-state index contributed by atoms with van der Waals surface area (Å²) in [6.45, 7) is 2.33. The SMILES string of the molecule is CC([Se]c1cccc2ccccc12)c1ccccc1. The van der Waals surface area contributed by atoms with Crippen LogP contribution in [0.2, 0.25) is 0 Å². The molecule has 0 radical (unpaired) electrons. The van der Waals surface area contributed by atoms with Crippen LogP contribution in [0.4, 0.5) is 0 Å². The molecule has 0 heterocycles. The topological polar surface area (TPSA) is 0 Å². The van der Waals surface area contributed by atoms with Gasteiger partial charge in [-0.15, -0.1) is 0 Å². The molecule has 0 N–H and O–H groups in total.